The van der Waals surface area contributed by atoms with E-state index >= 15 is 0 Å². The van der Waals surface area contributed by atoms with Gasteiger partial charge in [-0.1, -0.05) is 6.92 Å². The summed E-state index contributed by atoms with van der Waals surface area (Å²) in [5, 5.41) is 2.69. The van der Waals surface area contributed by atoms with E-state index in [1.54, 1.807) is 30.9 Å². The van der Waals surface area contributed by atoms with Gasteiger partial charge in [0.25, 0.3) is 0 Å². The van der Waals surface area contributed by atoms with Crippen molar-refractivity contribution in [2.45, 2.75) is 31.2 Å². The summed E-state index contributed by atoms with van der Waals surface area (Å²) in [5.74, 6) is 0.428. The zero-order valence-electron chi connectivity index (χ0n) is 17.4. The number of carbonyl (C=O) groups excluding carboxylic acids is 2. The van der Waals surface area contributed by atoms with E-state index in [1.807, 2.05) is 4.90 Å². The van der Waals surface area contributed by atoms with Crippen molar-refractivity contribution in [2.75, 3.05) is 57.4 Å². The van der Waals surface area contributed by atoms with Crippen LogP contribution in [0.2, 0.25) is 0 Å². The first kappa shape index (κ1) is 22.4. The second-order valence-corrected chi connectivity index (χ2v) is 9.26. The zero-order valence-corrected chi connectivity index (χ0v) is 18.2. The van der Waals surface area contributed by atoms with E-state index in [0.717, 1.165) is 0 Å². The Kier molecular flexibility index (Phi) is 7.27. The minimum Gasteiger partial charge on any atom is -0.379 e. The first-order valence-corrected chi connectivity index (χ1v) is 11.6. The Bertz CT molecular complexity index is 847. The smallest absolute Gasteiger partial charge is 0.244 e. The number of piperazine rings is 1. The molecule has 0 radical (unpaired) electrons. The van der Waals surface area contributed by atoms with Gasteiger partial charge in [-0.25, -0.2) is 13.4 Å². The highest BCUT2D eigenvalue weighted by Crippen LogP contribution is 2.20. The Labute approximate surface area is 177 Å². The van der Waals surface area contributed by atoms with E-state index in [0.29, 0.717) is 64.7 Å². The van der Waals surface area contributed by atoms with Crippen LogP contribution in [-0.2, 0) is 24.3 Å². The predicted molar refractivity (Wildman–Crippen MR) is 111 cm³/mol. The largest absolute Gasteiger partial charge is 0.379 e. The molecule has 0 aliphatic carbocycles. The number of sulfonamides is 1. The third-order valence-electron chi connectivity index (χ3n) is 5.31. The van der Waals surface area contributed by atoms with Gasteiger partial charge < -0.3 is 19.9 Å². The minimum absolute atomic E-state index is 0.101. The summed E-state index contributed by atoms with van der Waals surface area (Å²) in [7, 11) is -3.57. The molecule has 0 spiro atoms. The van der Waals surface area contributed by atoms with Gasteiger partial charge in [-0.15, -0.1) is 0 Å². The minimum atomic E-state index is -3.57. The predicted octanol–water partition coefficient (Wildman–Crippen LogP) is -0.334. The van der Waals surface area contributed by atoms with E-state index in [9.17, 15) is 18.0 Å². The molecular formula is C19H29N5O5S. The number of anilines is 1. The average Bonchev–Trinajstić information content (AvgIpc) is 2.79. The summed E-state index contributed by atoms with van der Waals surface area (Å²) in [6, 6.07) is 2.73. The molecule has 0 bridgehead atoms. The van der Waals surface area contributed by atoms with Gasteiger partial charge in [0.1, 0.15) is 16.8 Å². The highest BCUT2D eigenvalue weighted by Gasteiger charge is 2.28. The summed E-state index contributed by atoms with van der Waals surface area (Å²) < 4.78 is 32.0. The summed E-state index contributed by atoms with van der Waals surface area (Å²) in [6.45, 7) is 7.12. The molecule has 1 unspecified atom stereocenters. The number of hydrogen-bond acceptors (Lipinski definition) is 7. The van der Waals surface area contributed by atoms with Crippen LogP contribution in [-0.4, -0.2) is 92.9 Å². The molecule has 3 rings (SSSR count). The van der Waals surface area contributed by atoms with Crippen molar-refractivity contribution in [1.82, 2.24) is 19.5 Å². The first-order chi connectivity index (χ1) is 14.3. The van der Waals surface area contributed by atoms with Crippen LogP contribution in [0.4, 0.5) is 5.82 Å². The van der Waals surface area contributed by atoms with Crippen LogP contribution in [0.5, 0.6) is 0 Å². The van der Waals surface area contributed by atoms with Crippen molar-refractivity contribution in [3.8, 4) is 0 Å². The number of pyridine rings is 1. The summed E-state index contributed by atoms with van der Waals surface area (Å²) in [6.07, 6.45) is 1.73. The lowest BCUT2D eigenvalue weighted by molar-refractivity contribution is -0.136. The molecule has 11 heteroatoms. The molecular weight excluding hydrogens is 410 g/mol. The van der Waals surface area contributed by atoms with Crippen molar-refractivity contribution < 1.29 is 22.7 Å². The Morgan fingerprint density at radius 2 is 1.80 bits per heavy atom. The van der Waals surface area contributed by atoms with Crippen LogP contribution in [0.1, 0.15) is 20.3 Å². The summed E-state index contributed by atoms with van der Waals surface area (Å²) >= 11 is 0. The number of ether oxygens (including phenoxy) is 1. The molecule has 0 aromatic carbocycles. The van der Waals surface area contributed by atoms with Gasteiger partial charge in [0.15, 0.2) is 0 Å². The quantitative estimate of drug-likeness (QED) is 0.646. The highest BCUT2D eigenvalue weighted by molar-refractivity contribution is 7.89. The maximum Gasteiger partial charge on any atom is 0.244 e. The molecule has 166 valence electrons. The van der Waals surface area contributed by atoms with Crippen LogP contribution < -0.4 is 10.2 Å². The van der Waals surface area contributed by atoms with Crippen LogP contribution in [0.25, 0.3) is 0 Å². The summed E-state index contributed by atoms with van der Waals surface area (Å²) in [5.41, 5.74) is 0. The Hall–Kier alpha value is -2.24. The molecule has 2 saturated heterocycles. The lowest BCUT2D eigenvalue weighted by Gasteiger charge is -2.36. The first-order valence-electron chi connectivity index (χ1n) is 10.2. The maximum atomic E-state index is 12.7. The van der Waals surface area contributed by atoms with Gasteiger partial charge in [-0.05, 0) is 19.1 Å². The lowest BCUT2D eigenvalue weighted by Crippen LogP contribution is -2.54. The van der Waals surface area contributed by atoms with Gasteiger partial charge in [-0.2, -0.15) is 4.31 Å². The van der Waals surface area contributed by atoms with E-state index in [2.05, 4.69) is 10.3 Å². The normalized spacial score (nSPS) is 19.4. The van der Waals surface area contributed by atoms with Crippen LogP contribution >= 0.6 is 0 Å². The number of rotatable bonds is 6. The van der Waals surface area contributed by atoms with Crippen LogP contribution in [0.15, 0.2) is 23.2 Å². The van der Waals surface area contributed by atoms with Gasteiger partial charge in [-0.3, -0.25) is 9.59 Å². The molecule has 0 saturated carbocycles. The second kappa shape index (κ2) is 9.71. The number of amides is 2. The van der Waals surface area contributed by atoms with E-state index in [1.165, 1.54) is 10.5 Å². The van der Waals surface area contributed by atoms with Crippen LogP contribution in [0.3, 0.4) is 0 Å². The van der Waals surface area contributed by atoms with Crippen molar-refractivity contribution in [2.24, 2.45) is 0 Å². The Morgan fingerprint density at radius 3 is 2.37 bits per heavy atom. The van der Waals surface area contributed by atoms with E-state index < -0.39 is 16.1 Å². The molecule has 1 aromatic heterocycles. The molecule has 30 heavy (non-hydrogen) atoms. The molecule has 2 aliphatic heterocycles. The second-order valence-electron chi connectivity index (χ2n) is 7.32. The van der Waals surface area contributed by atoms with Gasteiger partial charge >= 0.3 is 0 Å². The topological polar surface area (TPSA) is 112 Å². The van der Waals surface area contributed by atoms with Crippen molar-refractivity contribution >= 4 is 27.7 Å². The van der Waals surface area contributed by atoms with Crippen LogP contribution in [0, 0.1) is 0 Å². The van der Waals surface area contributed by atoms with Gasteiger partial charge in [0, 0.05) is 51.9 Å². The molecule has 2 fully saturated rings. The molecule has 1 N–H and O–H groups in total. The Balaban J connectivity index is 1.57. The molecule has 10 nitrogen and oxygen atoms in total. The molecule has 1 aromatic rings. The molecule has 3 heterocycles. The highest BCUT2D eigenvalue weighted by atomic mass is 32.2. The van der Waals surface area contributed by atoms with Gasteiger partial charge in [0.05, 0.1) is 13.2 Å². The zero-order chi connectivity index (χ0) is 21.7. The number of aromatic nitrogens is 1. The third-order valence-corrected chi connectivity index (χ3v) is 7.20. The number of nitrogens with zero attached hydrogens (tertiary/aromatic N) is 4. The van der Waals surface area contributed by atoms with Crippen molar-refractivity contribution in [3.63, 3.8) is 0 Å². The number of nitrogens with one attached hydrogen (secondary N) is 1. The Morgan fingerprint density at radius 1 is 1.13 bits per heavy atom. The lowest BCUT2D eigenvalue weighted by atomic mass is 10.2. The summed E-state index contributed by atoms with van der Waals surface area (Å²) in [4.78, 5) is 32.3. The monoisotopic (exact) mass is 439 g/mol. The number of morpholine rings is 1. The molecule has 2 amide bonds. The fourth-order valence-electron chi connectivity index (χ4n) is 3.48. The molecule has 1 atom stereocenters. The fraction of sp³-hybridized carbons (Fsp3) is 0.632. The standard InChI is InChI=1S/C19H29N5O5S/c1-3-18(25)21-15(2)19(26)23-8-6-22(7-9-23)17-5-4-16(14-20-17)30(27,28)24-10-12-29-13-11-24/h4-5,14-15H,3,6-13H2,1-2H3,(H,21,25). The number of hydrogen-bond donors (Lipinski definition) is 1. The SMILES string of the molecule is CCC(=O)NC(C)C(=O)N1CCN(c2ccc(S(=O)(=O)N3CCOCC3)cn2)CC1. The van der Waals surface area contributed by atoms with Crippen molar-refractivity contribution in [1.29, 1.82) is 0 Å². The molecule has 2 aliphatic rings. The van der Waals surface area contributed by atoms with Crippen molar-refractivity contribution in [3.05, 3.63) is 18.3 Å². The fourth-order valence-corrected chi connectivity index (χ4v) is 4.84. The number of carbonyl (C=O) groups is 2. The van der Waals surface area contributed by atoms with E-state index in [4.69, 9.17) is 4.74 Å². The van der Waals surface area contributed by atoms with E-state index in [-0.39, 0.29) is 16.7 Å². The van der Waals surface area contributed by atoms with Gasteiger partial charge in [0.2, 0.25) is 21.8 Å². The average molecular weight is 440 g/mol. The maximum absolute atomic E-state index is 12.7. The third kappa shape index (κ3) is 5.08.